The second kappa shape index (κ2) is 12.7. The molecule has 0 aliphatic carbocycles. The summed E-state index contributed by atoms with van der Waals surface area (Å²) in [6.07, 6.45) is 1.55. The molecule has 3 N–H and O–H groups in total. The molecule has 0 fully saturated rings. The van der Waals surface area contributed by atoms with Gasteiger partial charge in [-0.15, -0.1) is 11.3 Å². The Hall–Kier alpha value is -2.71. The molecule has 1 unspecified atom stereocenters. The maximum atomic E-state index is 12.2. The third-order valence-corrected chi connectivity index (χ3v) is 5.05. The topological polar surface area (TPSA) is 107 Å². The van der Waals surface area contributed by atoms with Gasteiger partial charge in [0, 0.05) is 19.0 Å². The Morgan fingerprint density at radius 2 is 1.76 bits per heavy atom. The zero-order valence-corrected chi connectivity index (χ0v) is 17.7. The Balaban J connectivity index is 0.000000612. The van der Waals surface area contributed by atoms with Gasteiger partial charge in [-0.2, -0.15) is 0 Å². The van der Waals surface area contributed by atoms with Gasteiger partial charge in [0.1, 0.15) is 0 Å². The summed E-state index contributed by atoms with van der Waals surface area (Å²) in [5.74, 6) is -3.47. The summed E-state index contributed by atoms with van der Waals surface area (Å²) >= 11 is 1.62. The van der Waals surface area contributed by atoms with Crippen LogP contribution < -0.4 is 10.2 Å². The normalized spacial score (nSPS) is 11.1. The largest absolute Gasteiger partial charge is 0.473 e. The molecule has 29 heavy (non-hydrogen) atoms. The number of rotatable bonds is 8. The Morgan fingerprint density at radius 3 is 2.28 bits per heavy atom. The fraction of sp³-hybridized carbons (Fsp3) is 0.381. The molecule has 0 aliphatic heterocycles. The molecule has 0 bridgehead atoms. The van der Waals surface area contributed by atoms with Gasteiger partial charge < -0.3 is 20.4 Å². The number of carbonyl (C=O) groups is 3. The monoisotopic (exact) mass is 420 g/mol. The van der Waals surface area contributed by atoms with Crippen LogP contribution in [0, 0.1) is 6.92 Å². The third-order valence-electron chi connectivity index (χ3n) is 4.16. The van der Waals surface area contributed by atoms with Crippen molar-refractivity contribution in [3.05, 3.63) is 52.9 Å². The first-order valence-corrected chi connectivity index (χ1v) is 10.2. The van der Waals surface area contributed by atoms with Crippen LogP contribution in [0.5, 0.6) is 0 Å². The molecule has 0 aliphatic rings. The number of benzene rings is 1. The van der Waals surface area contributed by atoms with Crippen molar-refractivity contribution in [2.24, 2.45) is 0 Å². The summed E-state index contributed by atoms with van der Waals surface area (Å²) in [6.45, 7) is 7.84. The summed E-state index contributed by atoms with van der Waals surface area (Å²) in [6, 6.07) is 12.8. The van der Waals surface area contributed by atoms with Gasteiger partial charge in [0.2, 0.25) is 5.91 Å². The minimum absolute atomic E-state index is 0.181. The van der Waals surface area contributed by atoms with Gasteiger partial charge in [-0.3, -0.25) is 4.79 Å². The van der Waals surface area contributed by atoms with Crippen LogP contribution in [0.2, 0.25) is 0 Å². The van der Waals surface area contributed by atoms with E-state index in [1.807, 2.05) is 29.3 Å². The Kier molecular flexibility index (Phi) is 10.6. The summed E-state index contributed by atoms with van der Waals surface area (Å²) in [4.78, 5) is 32.3. The number of amides is 1. The predicted molar refractivity (Wildman–Crippen MR) is 115 cm³/mol. The number of thiophene rings is 1. The number of carbonyl (C=O) groups excluding carboxylic acids is 1. The molecule has 2 rings (SSSR count). The number of carboxylic acids is 2. The fourth-order valence-corrected chi connectivity index (χ4v) is 3.37. The van der Waals surface area contributed by atoms with Crippen molar-refractivity contribution < 1.29 is 24.6 Å². The van der Waals surface area contributed by atoms with Gasteiger partial charge in [-0.05, 0) is 55.5 Å². The SMILES string of the molecule is CCC(=O)N(CC(C)NCCc1ccccc1C)c1cccs1.O=C(O)C(=O)O. The molecule has 0 radical (unpaired) electrons. The smallest absolute Gasteiger partial charge is 0.414 e. The molecule has 0 saturated heterocycles. The van der Waals surface area contributed by atoms with E-state index in [1.54, 1.807) is 11.3 Å². The van der Waals surface area contributed by atoms with Gasteiger partial charge in [0.15, 0.2) is 0 Å². The van der Waals surface area contributed by atoms with Crippen LogP contribution in [-0.2, 0) is 20.8 Å². The molecule has 1 aromatic heterocycles. The summed E-state index contributed by atoms with van der Waals surface area (Å²) in [5.41, 5.74) is 2.72. The van der Waals surface area contributed by atoms with Crippen molar-refractivity contribution in [3.8, 4) is 0 Å². The molecule has 0 saturated carbocycles. The Bertz CT molecular complexity index is 780. The van der Waals surface area contributed by atoms with Crippen LogP contribution in [0.1, 0.15) is 31.4 Å². The quantitative estimate of drug-likeness (QED) is 0.566. The van der Waals surface area contributed by atoms with Crippen LogP contribution in [0.15, 0.2) is 41.8 Å². The van der Waals surface area contributed by atoms with E-state index >= 15 is 0 Å². The average Bonchev–Trinajstić information content (AvgIpc) is 3.22. The maximum absolute atomic E-state index is 12.2. The van der Waals surface area contributed by atoms with Crippen molar-refractivity contribution in [1.29, 1.82) is 0 Å². The Morgan fingerprint density at radius 1 is 1.10 bits per heavy atom. The Labute approximate surface area is 175 Å². The van der Waals surface area contributed by atoms with Crippen LogP contribution in [-0.4, -0.2) is 47.2 Å². The minimum Gasteiger partial charge on any atom is -0.473 e. The number of aryl methyl sites for hydroxylation is 1. The molecule has 1 atom stereocenters. The van der Waals surface area contributed by atoms with E-state index in [-0.39, 0.29) is 11.9 Å². The molecule has 8 heteroatoms. The first kappa shape index (κ1) is 24.3. The van der Waals surface area contributed by atoms with Crippen molar-refractivity contribution >= 4 is 34.2 Å². The van der Waals surface area contributed by atoms with Gasteiger partial charge in [0.05, 0.1) is 5.00 Å². The zero-order valence-electron chi connectivity index (χ0n) is 16.9. The van der Waals surface area contributed by atoms with Crippen molar-refractivity contribution in [3.63, 3.8) is 0 Å². The number of nitrogens with one attached hydrogen (secondary N) is 1. The van der Waals surface area contributed by atoms with E-state index in [2.05, 4.69) is 43.4 Å². The molecular formula is C21H28N2O5S. The van der Waals surface area contributed by atoms with E-state index in [0.717, 1.165) is 18.0 Å². The molecular weight excluding hydrogens is 392 g/mol. The summed E-state index contributed by atoms with van der Waals surface area (Å²) < 4.78 is 0. The predicted octanol–water partition coefficient (Wildman–Crippen LogP) is 3.18. The molecule has 1 amide bonds. The van der Waals surface area contributed by atoms with E-state index in [9.17, 15) is 4.79 Å². The van der Waals surface area contributed by atoms with Crippen molar-refractivity contribution in [1.82, 2.24) is 5.32 Å². The lowest BCUT2D eigenvalue weighted by Gasteiger charge is -2.25. The number of carboxylic acid groups (broad SMARTS) is 2. The van der Waals surface area contributed by atoms with Gasteiger partial charge in [-0.25, -0.2) is 9.59 Å². The standard InChI is InChI=1S/C19H26N2OS.C2H2O4/c1-4-18(22)21(19-10-7-13-23-19)14-16(3)20-12-11-17-9-6-5-8-15(17)2;3-1(4)2(5)6/h5-10,13,16,20H,4,11-12,14H2,1-3H3;(H,3,4)(H,5,6). The zero-order chi connectivity index (χ0) is 21.8. The molecule has 2 aromatic rings. The number of nitrogens with zero attached hydrogens (tertiary/aromatic N) is 1. The van der Waals surface area contributed by atoms with Crippen LogP contribution in [0.4, 0.5) is 5.00 Å². The van der Waals surface area contributed by atoms with E-state index in [1.165, 1.54) is 11.1 Å². The second-order valence-corrected chi connectivity index (χ2v) is 7.38. The van der Waals surface area contributed by atoms with Crippen LogP contribution >= 0.6 is 11.3 Å². The summed E-state index contributed by atoms with van der Waals surface area (Å²) in [7, 11) is 0. The highest BCUT2D eigenvalue weighted by Gasteiger charge is 2.17. The molecule has 1 heterocycles. The lowest BCUT2D eigenvalue weighted by molar-refractivity contribution is -0.159. The van der Waals surface area contributed by atoms with Gasteiger partial charge >= 0.3 is 11.9 Å². The highest BCUT2D eigenvalue weighted by Crippen LogP contribution is 2.22. The highest BCUT2D eigenvalue weighted by molar-refractivity contribution is 7.14. The molecule has 0 spiro atoms. The first-order chi connectivity index (χ1) is 13.8. The average molecular weight is 421 g/mol. The van der Waals surface area contributed by atoms with E-state index < -0.39 is 11.9 Å². The lowest BCUT2D eigenvalue weighted by Crippen LogP contribution is -2.42. The van der Waals surface area contributed by atoms with Crippen LogP contribution in [0.3, 0.4) is 0 Å². The highest BCUT2D eigenvalue weighted by atomic mass is 32.1. The first-order valence-electron chi connectivity index (χ1n) is 9.34. The minimum atomic E-state index is -1.82. The number of aliphatic carboxylic acids is 2. The van der Waals surface area contributed by atoms with Crippen LogP contribution in [0.25, 0.3) is 0 Å². The molecule has 158 valence electrons. The van der Waals surface area contributed by atoms with Crippen molar-refractivity contribution in [2.75, 3.05) is 18.0 Å². The molecule has 7 nitrogen and oxygen atoms in total. The second-order valence-electron chi connectivity index (χ2n) is 6.45. The van der Waals surface area contributed by atoms with E-state index in [4.69, 9.17) is 19.8 Å². The number of anilines is 1. The summed E-state index contributed by atoms with van der Waals surface area (Å²) in [5, 5.41) is 21.4. The number of hydrogen-bond acceptors (Lipinski definition) is 5. The molecule has 1 aromatic carbocycles. The van der Waals surface area contributed by atoms with Gasteiger partial charge in [-0.1, -0.05) is 31.2 Å². The van der Waals surface area contributed by atoms with Gasteiger partial charge in [0.25, 0.3) is 0 Å². The lowest BCUT2D eigenvalue weighted by atomic mass is 10.1. The van der Waals surface area contributed by atoms with Crippen molar-refractivity contribution in [2.45, 2.75) is 39.7 Å². The fourth-order valence-electron chi connectivity index (χ4n) is 2.61. The number of hydrogen-bond donors (Lipinski definition) is 3. The maximum Gasteiger partial charge on any atom is 0.414 e. The van der Waals surface area contributed by atoms with E-state index in [0.29, 0.717) is 13.0 Å². The third kappa shape index (κ3) is 8.89.